The van der Waals surface area contributed by atoms with Gasteiger partial charge in [-0.2, -0.15) is 5.10 Å². The van der Waals surface area contributed by atoms with Crippen LogP contribution in [0, 0.1) is 10.1 Å². The standard InChI is InChI=1S/C22H18N6O5/c1-11(27-21(30)15-6-3-7-16(28(32)33)17(15)22(27)31)20(29)23-14-5-2-4-13(10-14)19-24-18(25-26-19)12-8-9-12/h2-7,10-12H,8-9H2,1H3,(H,23,29)(H,24,25,26). The first kappa shape index (κ1) is 20.5. The predicted octanol–water partition coefficient (Wildman–Crippen LogP) is 2.88. The van der Waals surface area contributed by atoms with Crippen LogP contribution >= 0.6 is 0 Å². The molecule has 2 aliphatic rings. The van der Waals surface area contributed by atoms with E-state index in [1.54, 1.807) is 18.2 Å². The molecule has 1 aliphatic carbocycles. The van der Waals surface area contributed by atoms with Crippen molar-refractivity contribution in [3.63, 3.8) is 0 Å². The zero-order valence-corrected chi connectivity index (χ0v) is 17.4. The number of hydrogen-bond donors (Lipinski definition) is 2. The number of aromatic amines is 1. The highest BCUT2D eigenvalue weighted by Crippen LogP contribution is 2.38. The van der Waals surface area contributed by atoms with E-state index in [4.69, 9.17) is 0 Å². The molecule has 1 atom stereocenters. The molecule has 1 saturated carbocycles. The first-order chi connectivity index (χ1) is 15.8. The van der Waals surface area contributed by atoms with Crippen molar-refractivity contribution in [2.24, 2.45) is 0 Å². The highest BCUT2D eigenvalue weighted by atomic mass is 16.6. The van der Waals surface area contributed by atoms with Crippen LogP contribution < -0.4 is 5.32 Å². The van der Waals surface area contributed by atoms with E-state index in [1.165, 1.54) is 19.1 Å². The Morgan fingerprint density at radius 2 is 1.97 bits per heavy atom. The van der Waals surface area contributed by atoms with Gasteiger partial charge in [-0.25, -0.2) is 4.98 Å². The molecule has 5 rings (SSSR count). The molecule has 1 fully saturated rings. The van der Waals surface area contributed by atoms with Gasteiger partial charge in [0.15, 0.2) is 5.82 Å². The van der Waals surface area contributed by atoms with Crippen molar-refractivity contribution in [3.8, 4) is 11.4 Å². The van der Waals surface area contributed by atoms with Crippen molar-refractivity contribution < 1.29 is 19.3 Å². The summed E-state index contributed by atoms with van der Waals surface area (Å²) in [7, 11) is 0. The summed E-state index contributed by atoms with van der Waals surface area (Å²) >= 11 is 0. The monoisotopic (exact) mass is 446 g/mol. The van der Waals surface area contributed by atoms with E-state index in [0.717, 1.165) is 29.6 Å². The van der Waals surface area contributed by atoms with Crippen LogP contribution in [0.25, 0.3) is 11.4 Å². The minimum Gasteiger partial charge on any atom is -0.324 e. The third kappa shape index (κ3) is 3.53. The lowest BCUT2D eigenvalue weighted by molar-refractivity contribution is -0.385. The molecule has 3 amide bonds. The summed E-state index contributed by atoms with van der Waals surface area (Å²) in [6.07, 6.45) is 2.17. The molecule has 11 heteroatoms. The first-order valence-corrected chi connectivity index (χ1v) is 10.3. The molecule has 0 bridgehead atoms. The maximum atomic E-state index is 12.9. The number of imide groups is 1. The number of nitrogens with zero attached hydrogens (tertiary/aromatic N) is 4. The molecule has 0 saturated heterocycles. The summed E-state index contributed by atoms with van der Waals surface area (Å²) in [4.78, 5) is 54.3. The summed E-state index contributed by atoms with van der Waals surface area (Å²) in [6, 6.07) is 9.53. The number of aromatic nitrogens is 3. The van der Waals surface area contributed by atoms with Crippen LogP contribution in [0.15, 0.2) is 42.5 Å². The van der Waals surface area contributed by atoms with Gasteiger partial charge in [0.25, 0.3) is 17.5 Å². The largest absolute Gasteiger partial charge is 0.324 e. The van der Waals surface area contributed by atoms with Crippen LogP contribution in [-0.4, -0.2) is 48.8 Å². The molecule has 0 radical (unpaired) electrons. The molecule has 1 aliphatic heterocycles. The molecule has 3 aromatic rings. The van der Waals surface area contributed by atoms with Gasteiger partial charge in [0.1, 0.15) is 17.4 Å². The topological polar surface area (TPSA) is 151 Å². The first-order valence-electron chi connectivity index (χ1n) is 10.3. The summed E-state index contributed by atoms with van der Waals surface area (Å²) in [5.41, 5.74) is 0.271. The molecule has 2 heterocycles. The Kier molecular flexibility index (Phi) is 4.73. The molecule has 1 aromatic heterocycles. The van der Waals surface area contributed by atoms with Crippen LogP contribution in [0.2, 0.25) is 0 Å². The Balaban J connectivity index is 1.35. The van der Waals surface area contributed by atoms with E-state index >= 15 is 0 Å². The van der Waals surface area contributed by atoms with E-state index in [2.05, 4.69) is 20.5 Å². The van der Waals surface area contributed by atoms with Crippen LogP contribution in [0.3, 0.4) is 0 Å². The van der Waals surface area contributed by atoms with Gasteiger partial charge in [-0.15, -0.1) is 0 Å². The Morgan fingerprint density at radius 3 is 2.70 bits per heavy atom. The maximum Gasteiger partial charge on any atom is 0.282 e. The lowest BCUT2D eigenvalue weighted by atomic mass is 10.1. The van der Waals surface area contributed by atoms with Gasteiger partial charge in [-0.05, 0) is 38.0 Å². The number of nitrogens with one attached hydrogen (secondary N) is 2. The number of nitro groups is 1. The van der Waals surface area contributed by atoms with Gasteiger partial charge in [0, 0.05) is 23.2 Å². The number of H-pyrrole nitrogens is 1. The number of rotatable bonds is 6. The van der Waals surface area contributed by atoms with Crippen molar-refractivity contribution in [3.05, 3.63) is 69.5 Å². The molecular weight excluding hydrogens is 428 g/mol. The van der Waals surface area contributed by atoms with Gasteiger partial charge in [0.05, 0.1) is 10.5 Å². The van der Waals surface area contributed by atoms with Crippen molar-refractivity contribution in [2.45, 2.75) is 31.7 Å². The number of nitro benzene ring substituents is 1. The number of amides is 3. The van der Waals surface area contributed by atoms with Gasteiger partial charge >= 0.3 is 0 Å². The Labute approximate surface area is 187 Å². The van der Waals surface area contributed by atoms with Crippen LogP contribution in [0.4, 0.5) is 11.4 Å². The summed E-state index contributed by atoms with van der Waals surface area (Å²) in [5, 5.41) is 21.1. The Bertz CT molecular complexity index is 1330. The van der Waals surface area contributed by atoms with Gasteiger partial charge in [-0.3, -0.25) is 34.5 Å². The summed E-state index contributed by atoms with van der Waals surface area (Å²) < 4.78 is 0. The zero-order valence-electron chi connectivity index (χ0n) is 17.4. The number of hydrogen-bond acceptors (Lipinski definition) is 7. The number of benzene rings is 2. The molecule has 2 aromatic carbocycles. The molecule has 166 valence electrons. The molecule has 33 heavy (non-hydrogen) atoms. The quantitative estimate of drug-likeness (QED) is 0.335. The van der Waals surface area contributed by atoms with Crippen LogP contribution in [0.5, 0.6) is 0 Å². The fourth-order valence-corrected chi connectivity index (χ4v) is 3.83. The molecule has 0 spiro atoms. The third-order valence-corrected chi connectivity index (χ3v) is 5.74. The van der Waals surface area contributed by atoms with E-state index < -0.39 is 34.4 Å². The summed E-state index contributed by atoms with van der Waals surface area (Å²) in [5.74, 6) is -0.458. The molecular formula is C22H18N6O5. The van der Waals surface area contributed by atoms with Crippen LogP contribution in [-0.2, 0) is 4.79 Å². The minimum absolute atomic E-state index is 0.0908. The van der Waals surface area contributed by atoms with Crippen molar-refractivity contribution in [2.75, 3.05) is 5.32 Å². The van der Waals surface area contributed by atoms with Crippen LogP contribution in [0.1, 0.15) is 52.2 Å². The average Bonchev–Trinajstić information content (AvgIpc) is 3.48. The van der Waals surface area contributed by atoms with Crippen molar-refractivity contribution in [1.82, 2.24) is 20.1 Å². The molecule has 1 unspecified atom stereocenters. The second kappa shape index (κ2) is 7.62. The summed E-state index contributed by atoms with van der Waals surface area (Å²) in [6.45, 7) is 1.39. The second-order valence-corrected chi connectivity index (χ2v) is 8.00. The van der Waals surface area contributed by atoms with Gasteiger partial charge in [0.2, 0.25) is 5.91 Å². The maximum absolute atomic E-state index is 12.9. The van der Waals surface area contributed by atoms with Crippen molar-refractivity contribution >= 4 is 29.1 Å². The fourth-order valence-electron chi connectivity index (χ4n) is 3.83. The number of carbonyl (C=O) groups is 3. The predicted molar refractivity (Wildman–Crippen MR) is 115 cm³/mol. The minimum atomic E-state index is -1.19. The number of fused-ring (bicyclic) bond motifs is 1. The van der Waals surface area contributed by atoms with E-state index in [1.807, 2.05) is 6.07 Å². The lowest BCUT2D eigenvalue weighted by Gasteiger charge is -2.21. The highest BCUT2D eigenvalue weighted by Gasteiger charge is 2.44. The number of anilines is 1. The van der Waals surface area contributed by atoms with E-state index in [9.17, 15) is 24.5 Å². The Morgan fingerprint density at radius 1 is 1.21 bits per heavy atom. The Hall–Kier alpha value is -4.41. The SMILES string of the molecule is CC(C(=O)Nc1cccc(-c2n[nH]c(C3CC3)n2)c1)N1C(=O)c2cccc([N+](=O)[O-])c2C1=O. The molecule has 2 N–H and O–H groups in total. The van der Waals surface area contributed by atoms with Gasteiger partial charge < -0.3 is 5.32 Å². The zero-order chi connectivity index (χ0) is 23.3. The van der Waals surface area contributed by atoms with E-state index in [0.29, 0.717) is 23.0 Å². The smallest absolute Gasteiger partial charge is 0.282 e. The van der Waals surface area contributed by atoms with E-state index in [-0.39, 0.29) is 11.1 Å². The lowest BCUT2D eigenvalue weighted by Crippen LogP contribution is -2.45. The third-order valence-electron chi connectivity index (χ3n) is 5.74. The fraction of sp³-hybridized carbons (Fsp3) is 0.227. The normalized spacial score (nSPS) is 16.0. The second-order valence-electron chi connectivity index (χ2n) is 8.00. The number of carbonyl (C=O) groups excluding carboxylic acids is 3. The van der Waals surface area contributed by atoms with Crippen molar-refractivity contribution in [1.29, 1.82) is 0 Å². The average molecular weight is 446 g/mol. The van der Waals surface area contributed by atoms with Gasteiger partial charge in [-0.1, -0.05) is 18.2 Å². The highest BCUT2D eigenvalue weighted by molar-refractivity contribution is 6.24. The molecule has 11 nitrogen and oxygen atoms in total.